The molecule has 0 bridgehead atoms. The quantitative estimate of drug-likeness (QED) is 0.236. The molecule has 1 fully saturated rings. The molecule has 1 heterocycles. The minimum absolute atomic E-state index is 0.158. The largest absolute Gasteiger partial charge is 0.456 e. The van der Waals surface area contributed by atoms with Crippen LogP contribution in [0, 0.1) is 20.2 Å². The van der Waals surface area contributed by atoms with E-state index in [0.717, 1.165) is 39.0 Å². The van der Waals surface area contributed by atoms with Crippen molar-refractivity contribution < 1.29 is 43.2 Å². The van der Waals surface area contributed by atoms with Crippen molar-refractivity contribution >= 4 is 35.0 Å². The number of carbonyl (C=O) groups excluding carboxylic acids is 3. The zero-order valence-corrected chi connectivity index (χ0v) is 18.0. The highest BCUT2D eigenvalue weighted by Crippen LogP contribution is 2.30. The minimum atomic E-state index is -1.34. The van der Waals surface area contributed by atoms with Crippen LogP contribution in [0.25, 0.3) is 0 Å². The van der Waals surface area contributed by atoms with Crippen LogP contribution in [0.4, 0.5) is 17.1 Å². The number of anilines is 1. The fraction of sp³-hybridized carbons (Fsp3) is 0.500. The van der Waals surface area contributed by atoms with E-state index in [2.05, 4.69) is 10.9 Å². The Hall–Kier alpha value is -3.85. The minimum Gasteiger partial charge on any atom is -0.456 e. The third-order valence-corrected chi connectivity index (χ3v) is 4.41. The predicted molar refractivity (Wildman–Crippen MR) is 108 cm³/mol. The molecule has 180 valence electrons. The van der Waals surface area contributed by atoms with Crippen molar-refractivity contribution in [2.75, 3.05) is 5.43 Å². The zero-order chi connectivity index (χ0) is 24.9. The van der Waals surface area contributed by atoms with Gasteiger partial charge in [-0.15, -0.1) is 0 Å². The third-order valence-electron chi connectivity index (χ3n) is 4.41. The molecule has 5 atom stereocenters. The van der Waals surface area contributed by atoms with Crippen molar-refractivity contribution in [3.63, 3.8) is 0 Å². The molecular weight excluding hydrogens is 448 g/mol. The van der Waals surface area contributed by atoms with E-state index in [1.165, 1.54) is 6.92 Å². The highest BCUT2D eigenvalue weighted by molar-refractivity contribution is 5.68. The Morgan fingerprint density at radius 2 is 1.45 bits per heavy atom. The van der Waals surface area contributed by atoms with Crippen LogP contribution in [-0.4, -0.2) is 58.4 Å². The van der Waals surface area contributed by atoms with Crippen LogP contribution in [0.5, 0.6) is 0 Å². The van der Waals surface area contributed by atoms with Crippen molar-refractivity contribution in [3.05, 3.63) is 38.4 Å². The topological polar surface area (TPSA) is 198 Å². The average Bonchev–Trinajstić information content (AvgIpc) is 2.70. The molecule has 0 saturated carbocycles. The van der Waals surface area contributed by atoms with Gasteiger partial charge in [-0.3, -0.25) is 34.6 Å². The number of rotatable bonds is 8. The maximum Gasteiger partial charge on any atom is 0.303 e. The first-order valence-electron chi connectivity index (χ1n) is 9.52. The van der Waals surface area contributed by atoms with Crippen molar-refractivity contribution in [2.45, 2.75) is 58.3 Å². The Bertz CT molecular complexity index is 953. The van der Waals surface area contributed by atoms with Gasteiger partial charge in [-0.2, -0.15) is 0 Å². The molecule has 2 rings (SSSR count). The lowest BCUT2D eigenvalue weighted by Crippen LogP contribution is -2.64. The Labute approximate surface area is 186 Å². The number of nitro groups is 2. The number of carbonyl (C=O) groups is 3. The van der Waals surface area contributed by atoms with E-state index in [9.17, 15) is 34.6 Å². The number of nitrogens with one attached hydrogen (secondary N) is 2. The first-order valence-corrected chi connectivity index (χ1v) is 9.52. The van der Waals surface area contributed by atoms with Gasteiger partial charge in [0.25, 0.3) is 5.69 Å². The van der Waals surface area contributed by atoms with Gasteiger partial charge >= 0.3 is 23.6 Å². The molecule has 0 radical (unpaired) electrons. The summed E-state index contributed by atoms with van der Waals surface area (Å²) >= 11 is 0. The normalized spacial score (nSPS) is 24.3. The molecule has 0 aliphatic carbocycles. The van der Waals surface area contributed by atoms with Gasteiger partial charge in [-0.05, 0) is 13.0 Å². The molecule has 0 aromatic heterocycles. The van der Waals surface area contributed by atoms with Gasteiger partial charge in [0.05, 0.1) is 22.0 Å². The molecule has 1 aromatic carbocycles. The lowest BCUT2D eigenvalue weighted by molar-refractivity contribution is -0.393. The van der Waals surface area contributed by atoms with Crippen LogP contribution >= 0.6 is 0 Å². The zero-order valence-electron chi connectivity index (χ0n) is 18.0. The summed E-state index contributed by atoms with van der Waals surface area (Å²) < 4.78 is 21.4. The smallest absolute Gasteiger partial charge is 0.303 e. The molecule has 1 aliphatic heterocycles. The maximum atomic E-state index is 11.7. The average molecular weight is 470 g/mol. The molecule has 0 spiro atoms. The van der Waals surface area contributed by atoms with Crippen LogP contribution < -0.4 is 10.9 Å². The van der Waals surface area contributed by atoms with E-state index < -0.39 is 69.8 Å². The fourth-order valence-corrected chi connectivity index (χ4v) is 3.17. The summed E-state index contributed by atoms with van der Waals surface area (Å²) in [5.74, 6) is -2.22. The second-order valence-corrected chi connectivity index (χ2v) is 6.97. The molecule has 15 nitrogen and oxygen atoms in total. The van der Waals surface area contributed by atoms with Crippen molar-refractivity contribution in [3.8, 4) is 0 Å². The van der Waals surface area contributed by atoms with E-state index in [-0.39, 0.29) is 5.69 Å². The van der Waals surface area contributed by atoms with Gasteiger partial charge in [-0.25, -0.2) is 5.43 Å². The highest BCUT2D eigenvalue weighted by Gasteiger charge is 2.50. The van der Waals surface area contributed by atoms with E-state index in [1.54, 1.807) is 0 Å². The Morgan fingerprint density at radius 3 is 1.97 bits per heavy atom. The van der Waals surface area contributed by atoms with Crippen molar-refractivity contribution in [2.24, 2.45) is 0 Å². The lowest BCUT2D eigenvalue weighted by atomic mass is 9.98. The monoisotopic (exact) mass is 470 g/mol. The van der Waals surface area contributed by atoms with Gasteiger partial charge in [0.2, 0.25) is 0 Å². The Morgan fingerprint density at radius 1 is 0.909 bits per heavy atom. The maximum absolute atomic E-state index is 11.7. The number of hydrogen-bond donors (Lipinski definition) is 2. The number of ether oxygens (including phenoxy) is 4. The van der Waals surface area contributed by atoms with Crippen LogP contribution in [0.15, 0.2) is 18.2 Å². The summed E-state index contributed by atoms with van der Waals surface area (Å²) in [5, 5.41) is 22.2. The van der Waals surface area contributed by atoms with Gasteiger partial charge in [0, 0.05) is 26.8 Å². The third kappa shape index (κ3) is 6.56. The van der Waals surface area contributed by atoms with E-state index in [1.807, 2.05) is 0 Å². The molecule has 1 saturated heterocycles. The first-order chi connectivity index (χ1) is 15.4. The molecule has 0 amide bonds. The number of benzene rings is 1. The Balaban J connectivity index is 2.35. The van der Waals surface area contributed by atoms with Crippen LogP contribution in [0.2, 0.25) is 0 Å². The number of esters is 3. The summed E-state index contributed by atoms with van der Waals surface area (Å²) in [7, 11) is 0. The number of hydrazine groups is 1. The molecule has 1 aliphatic rings. The summed E-state index contributed by atoms with van der Waals surface area (Å²) in [4.78, 5) is 55.5. The van der Waals surface area contributed by atoms with Gasteiger partial charge in [-0.1, -0.05) is 0 Å². The van der Waals surface area contributed by atoms with Crippen LogP contribution in [-0.2, 0) is 33.3 Å². The summed E-state index contributed by atoms with van der Waals surface area (Å²) in [6.07, 6.45) is -5.84. The second-order valence-electron chi connectivity index (χ2n) is 6.97. The summed E-state index contributed by atoms with van der Waals surface area (Å²) in [6.45, 7) is 4.85. The van der Waals surface area contributed by atoms with E-state index in [0.29, 0.717) is 0 Å². The Kier molecular flexibility index (Phi) is 8.20. The molecular formula is C18H22N4O11. The first kappa shape index (κ1) is 25.4. The molecule has 15 heteroatoms. The molecule has 0 unspecified atom stereocenters. The van der Waals surface area contributed by atoms with Crippen LogP contribution in [0.3, 0.4) is 0 Å². The van der Waals surface area contributed by atoms with Crippen molar-refractivity contribution in [1.82, 2.24) is 5.43 Å². The number of hydrogen-bond acceptors (Lipinski definition) is 13. The molecule has 33 heavy (non-hydrogen) atoms. The van der Waals surface area contributed by atoms with Crippen molar-refractivity contribution in [1.29, 1.82) is 0 Å². The highest BCUT2D eigenvalue weighted by atomic mass is 16.7. The molecule has 2 N–H and O–H groups in total. The number of non-ortho nitro benzene ring substituents is 1. The molecule has 1 aromatic rings. The second kappa shape index (κ2) is 10.6. The summed E-state index contributed by atoms with van der Waals surface area (Å²) in [6, 6.07) is 2.90. The fourth-order valence-electron chi connectivity index (χ4n) is 3.17. The lowest BCUT2D eigenvalue weighted by Gasteiger charge is -2.43. The number of nitrogens with zero attached hydrogens (tertiary/aromatic N) is 2. The van der Waals surface area contributed by atoms with E-state index in [4.69, 9.17) is 18.9 Å². The van der Waals surface area contributed by atoms with Gasteiger partial charge in [0.1, 0.15) is 5.69 Å². The van der Waals surface area contributed by atoms with Gasteiger partial charge in [0.15, 0.2) is 24.5 Å². The summed E-state index contributed by atoms with van der Waals surface area (Å²) in [5.41, 5.74) is 3.83. The SMILES string of the molecule is CC(=O)O[C@@H]1[C@@H](OC(C)=O)[C@H](C)O[C@H](NNc2ccc([N+](=O)[O-])cc2[N+](=O)[O-])[C@@H]1OC(C)=O. The standard InChI is InChI=1S/C18H22N4O11/c1-8-15(31-9(2)23)16(32-10(3)24)17(33-11(4)25)18(30-8)20-19-13-6-5-12(21(26)27)7-14(13)22(28)29/h5-8,15-20H,1-4H3/t8-,15-,16+,17+,18-/m0/s1. The van der Waals surface area contributed by atoms with Crippen LogP contribution in [0.1, 0.15) is 27.7 Å². The predicted octanol–water partition coefficient (Wildman–Crippen LogP) is 0.959. The van der Waals surface area contributed by atoms with Gasteiger partial charge < -0.3 is 24.4 Å². The van der Waals surface area contributed by atoms with E-state index >= 15 is 0 Å². The number of nitro benzene ring substituents is 2.